The smallest absolute Gasteiger partial charge is 0.257 e. The molecule has 3 aromatic rings. The standard InChI is InChI=1S/C33H36F2N4O2/c1-38-8-10-39(11-9-38)29-4-5-30(26(19-29)15-22-6-12-41-13-7-22)33(40)37-32-31-18-23(2-3-25(31)21-36-32)14-24-16-27(34)20-28(35)17-24/h2-5,16-20,22H,6-15,21H2,1H3,(H,36,37,40)/i1D3,14D2,20D. The highest BCUT2D eigenvalue weighted by Crippen LogP contribution is 2.28. The Morgan fingerprint density at radius 3 is 2.61 bits per heavy atom. The number of rotatable bonds is 6. The molecule has 3 aromatic carbocycles. The molecule has 0 saturated carbocycles. The molecule has 1 N–H and O–H groups in total. The third-order valence-corrected chi connectivity index (χ3v) is 7.92. The summed E-state index contributed by atoms with van der Waals surface area (Å²) in [6.07, 6.45) is 0.147. The second kappa shape index (κ2) is 12.1. The molecule has 0 radical (unpaired) electrons. The molecule has 2 saturated heterocycles. The summed E-state index contributed by atoms with van der Waals surface area (Å²) >= 11 is 0. The molecule has 6 nitrogen and oxygen atoms in total. The summed E-state index contributed by atoms with van der Waals surface area (Å²) in [4.78, 5) is 22.0. The van der Waals surface area contributed by atoms with Gasteiger partial charge in [-0.05, 0) is 97.2 Å². The molecule has 0 bridgehead atoms. The van der Waals surface area contributed by atoms with Crippen molar-refractivity contribution in [1.29, 1.82) is 0 Å². The molecule has 214 valence electrons. The van der Waals surface area contributed by atoms with Gasteiger partial charge in [-0.2, -0.15) is 0 Å². The average Bonchev–Trinajstić information content (AvgIpc) is 3.45. The fraction of sp³-hybridized carbons (Fsp3) is 0.394. The number of hydrogen-bond acceptors (Lipinski definition) is 5. The summed E-state index contributed by atoms with van der Waals surface area (Å²) < 4.78 is 81.8. The Hall–Kier alpha value is -3.62. The highest BCUT2D eigenvalue weighted by molar-refractivity contribution is 6.14. The molecule has 0 spiro atoms. The first-order valence-electron chi connectivity index (χ1n) is 17.0. The van der Waals surface area contributed by atoms with Crippen LogP contribution in [-0.4, -0.2) is 63.0 Å². The normalized spacial score (nSPS) is 20.6. The summed E-state index contributed by atoms with van der Waals surface area (Å²) in [5.41, 5.74) is 3.44. The van der Waals surface area contributed by atoms with E-state index in [1.807, 2.05) is 12.1 Å². The van der Waals surface area contributed by atoms with Gasteiger partial charge < -0.3 is 19.9 Å². The fourth-order valence-corrected chi connectivity index (χ4v) is 5.68. The second-order valence-corrected chi connectivity index (χ2v) is 10.8. The van der Waals surface area contributed by atoms with Crippen LogP contribution in [0.15, 0.2) is 59.6 Å². The molecule has 6 rings (SSSR count). The maximum absolute atomic E-state index is 14.1. The molecule has 0 unspecified atom stereocenters. The molecule has 3 heterocycles. The lowest BCUT2D eigenvalue weighted by atomic mass is 9.89. The van der Waals surface area contributed by atoms with Crippen LogP contribution >= 0.6 is 0 Å². The van der Waals surface area contributed by atoms with Crippen LogP contribution in [0.1, 0.15) is 59.2 Å². The molecule has 3 aliphatic rings. The number of piperazine rings is 1. The lowest BCUT2D eigenvalue weighted by Gasteiger charge is -2.34. The number of carbonyl (C=O) groups excluding carboxylic acids is 1. The van der Waals surface area contributed by atoms with Gasteiger partial charge in [0.25, 0.3) is 5.91 Å². The van der Waals surface area contributed by atoms with Gasteiger partial charge in [-0.1, -0.05) is 12.1 Å². The zero-order valence-electron chi connectivity index (χ0n) is 28.7. The summed E-state index contributed by atoms with van der Waals surface area (Å²) in [5, 5.41) is 2.93. The van der Waals surface area contributed by atoms with E-state index in [-0.39, 0.29) is 29.4 Å². The molecule has 0 atom stereocenters. The number of anilines is 1. The van der Waals surface area contributed by atoms with Crippen LogP contribution in [0.4, 0.5) is 14.5 Å². The molecular weight excluding hydrogens is 522 g/mol. The van der Waals surface area contributed by atoms with E-state index in [4.69, 9.17) is 13.0 Å². The van der Waals surface area contributed by atoms with Crippen molar-refractivity contribution in [3.05, 3.63) is 99.6 Å². The average molecular weight is 565 g/mol. The third kappa shape index (κ3) is 6.49. The van der Waals surface area contributed by atoms with Gasteiger partial charge in [0.1, 0.15) is 17.5 Å². The summed E-state index contributed by atoms with van der Waals surface area (Å²) in [6, 6.07) is 11.2. The van der Waals surface area contributed by atoms with Crippen LogP contribution in [0.2, 0.25) is 0 Å². The quantitative estimate of drug-likeness (QED) is 0.460. The Labute approximate surface area is 248 Å². The first kappa shape index (κ1) is 21.1. The van der Waals surface area contributed by atoms with Gasteiger partial charge in [0.05, 0.1) is 7.92 Å². The summed E-state index contributed by atoms with van der Waals surface area (Å²) in [6.45, 7) is 1.41. The van der Waals surface area contributed by atoms with E-state index in [0.29, 0.717) is 62.9 Å². The number of amidine groups is 1. The molecule has 8 heteroatoms. The van der Waals surface area contributed by atoms with E-state index in [2.05, 4.69) is 15.2 Å². The monoisotopic (exact) mass is 564 g/mol. The van der Waals surface area contributed by atoms with Gasteiger partial charge in [-0.15, -0.1) is 0 Å². The Morgan fingerprint density at radius 1 is 1.07 bits per heavy atom. The van der Waals surface area contributed by atoms with Crippen LogP contribution in [-0.2, 0) is 24.1 Å². The Balaban J connectivity index is 1.24. The highest BCUT2D eigenvalue weighted by atomic mass is 19.1. The van der Waals surface area contributed by atoms with Crippen molar-refractivity contribution in [1.82, 2.24) is 10.2 Å². The number of benzene rings is 3. The summed E-state index contributed by atoms with van der Waals surface area (Å²) in [5.74, 6) is -2.05. The number of nitrogens with zero attached hydrogens (tertiary/aromatic N) is 3. The van der Waals surface area contributed by atoms with Crippen molar-refractivity contribution in [2.45, 2.75) is 32.2 Å². The number of ether oxygens (including phenoxy) is 1. The van der Waals surface area contributed by atoms with Crippen LogP contribution in [0.25, 0.3) is 0 Å². The predicted molar refractivity (Wildman–Crippen MR) is 157 cm³/mol. The minimum atomic E-state index is -2.29. The molecule has 0 aliphatic carbocycles. The number of likely N-dealkylation sites (N-methyl/N-ethyl adjacent to an activating group) is 1. The second-order valence-electron chi connectivity index (χ2n) is 10.8. The van der Waals surface area contributed by atoms with Crippen molar-refractivity contribution < 1.29 is 26.5 Å². The first-order valence-corrected chi connectivity index (χ1v) is 14.0. The highest BCUT2D eigenvalue weighted by Gasteiger charge is 2.24. The van der Waals surface area contributed by atoms with Gasteiger partial charge in [-0.3, -0.25) is 9.79 Å². The lowest BCUT2D eigenvalue weighted by molar-refractivity contribution is 0.0664. The topological polar surface area (TPSA) is 57.2 Å². The van der Waals surface area contributed by atoms with Gasteiger partial charge in [-0.25, -0.2) is 8.78 Å². The third-order valence-electron chi connectivity index (χ3n) is 7.92. The van der Waals surface area contributed by atoms with Crippen molar-refractivity contribution in [3.63, 3.8) is 0 Å². The van der Waals surface area contributed by atoms with Crippen LogP contribution < -0.4 is 10.2 Å². The van der Waals surface area contributed by atoms with Crippen LogP contribution in [0.3, 0.4) is 0 Å². The number of aliphatic imine (C=N–C) groups is 1. The Bertz CT molecular complexity index is 1680. The van der Waals surface area contributed by atoms with E-state index in [9.17, 15) is 13.6 Å². The number of carbonyl (C=O) groups is 1. The van der Waals surface area contributed by atoms with Crippen molar-refractivity contribution in [2.75, 3.05) is 51.3 Å². The van der Waals surface area contributed by atoms with E-state index < -0.39 is 31.0 Å². The molecule has 0 aromatic heterocycles. The molecular formula is C33H36F2N4O2. The van der Waals surface area contributed by atoms with Crippen molar-refractivity contribution in [2.24, 2.45) is 10.9 Å². The minimum absolute atomic E-state index is 0.125. The van der Waals surface area contributed by atoms with Crippen LogP contribution in [0, 0.1) is 17.6 Å². The van der Waals surface area contributed by atoms with E-state index in [1.54, 1.807) is 12.1 Å². The van der Waals surface area contributed by atoms with Crippen molar-refractivity contribution >= 4 is 17.4 Å². The zero-order valence-corrected chi connectivity index (χ0v) is 22.7. The van der Waals surface area contributed by atoms with E-state index >= 15 is 0 Å². The number of nitrogens with one attached hydrogen (secondary N) is 1. The number of fused-ring (bicyclic) bond motifs is 1. The Kier molecular flexibility index (Phi) is 6.23. The number of halogens is 2. The van der Waals surface area contributed by atoms with Gasteiger partial charge in [0.15, 0.2) is 0 Å². The number of amides is 1. The Morgan fingerprint density at radius 2 is 1.85 bits per heavy atom. The van der Waals surface area contributed by atoms with Crippen LogP contribution in [0.5, 0.6) is 0 Å². The van der Waals surface area contributed by atoms with Gasteiger partial charge in [0.2, 0.25) is 0 Å². The fourth-order valence-electron chi connectivity index (χ4n) is 5.68. The SMILES string of the molecule is [2H]c1c(F)cc(C([2H])([2H])c2ccc3c(c2)C(NC(=O)c2ccc(N4CCN(C([2H])([2H])[2H])CC4)cc2CC2CCOCC2)=NC3)cc1F. The van der Waals surface area contributed by atoms with Crippen molar-refractivity contribution in [3.8, 4) is 0 Å². The largest absolute Gasteiger partial charge is 0.381 e. The predicted octanol–water partition coefficient (Wildman–Crippen LogP) is 4.97. The van der Waals surface area contributed by atoms with Gasteiger partial charge >= 0.3 is 0 Å². The number of hydrogen-bond donors (Lipinski definition) is 1. The molecule has 3 aliphatic heterocycles. The first-order chi connectivity index (χ1) is 22.3. The minimum Gasteiger partial charge on any atom is -0.381 e. The van der Waals surface area contributed by atoms with E-state index in [1.165, 1.54) is 17.0 Å². The van der Waals surface area contributed by atoms with E-state index in [0.717, 1.165) is 41.8 Å². The maximum atomic E-state index is 14.1. The van der Waals surface area contributed by atoms with Gasteiger partial charge in [0, 0.05) is 69.1 Å². The lowest BCUT2D eigenvalue weighted by Crippen LogP contribution is -2.44. The zero-order chi connectivity index (χ0) is 33.5. The molecule has 2 fully saturated rings. The summed E-state index contributed by atoms with van der Waals surface area (Å²) in [7, 11) is 0. The maximum Gasteiger partial charge on any atom is 0.257 e. The molecule has 41 heavy (non-hydrogen) atoms. The molecule has 1 amide bonds.